The molecular formula is C20H18ClN3O4. The van der Waals surface area contributed by atoms with Crippen LogP contribution in [0.1, 0.15) is 36.3 Å². The summed E-state index contributed by atoms with van der Waals surface area (Å²) in [5, 5.41) is 4.63. The molecule has 0 amide bonds. The Morgan fingerprint density at radius 3 is 2.93 bits per heavy atom. The second kappa shape index (κ2) is 7.41. The van der Waals surface area contributed by atoms with E-state index >= 15 is 0 Å². The average Bonchev–Trinajstić information content (AvgIpc) is 3.33. The van der Waals surface area contributed by atoms with Gasteiger partial charge in [0.15, 0.2) is 11.5 Å². The Kier molecular flexibility index (Phi) is 4.62. The molecule has 7 nitrogen and oxygen atoms in total. The third kappa shape index (κ3) is 3.21. The highest BCUT2D eigenvalue weighted by atomic mass is 35.5. The van der Waals surface area contributed by atoms with Crippen LogP contribution in [0.25, 0.3) is 11.4 Å². The van der Waals surface area contributed by atoms with Crippen LogP contribution in [0.5, 0.6) is 11.5 Å². The fourth-order valence-electron chi connectivity index (χ4n) is 3.58. The summed E-state index contributed by atoms with van der Waals surface area (Å²) >= 11 is 6.39. The molecule has 144 valence electrons. The molecule has 0 aliphatic carbocycles. The Morgan fingerprint density at radius 2 is 2.04 bits per heavy atom. The van der Waals surface area contributed by atoms with Gasteiger partial charge in [0, 0.05) is 31.0 Å². The monoisotopic (exact) mass is 399 g/mol. The normalized spacial score (nSPS) is 21.5. The Balaban J connectivity index is 1.45. The lowest BCUT2D eigenvalue weighted by Crippen LogP contribution is -2.06. The van der Waals surface area contributed by atoms with Crippen LogP contribution in [0.4, 0.5) is 0 Å². The number of aromatic nitrogens is 3. The van der Waals surface area contributed by atoms with Crippen molar-refractivity contribution in [3.05, 3.63) is 53.1 Å². The summed E-state index contributed by atoms with van der Waals surface area (Å²) in [6.07, 6.45) is 5.03. The third-order valence-corrected chi connectivity index (χ3v) is 5.20. The summed E-state index contributed by atoms with van der Waals surface area (Å²) in [6, 6.07) is 7.50. The molecule has 5 rings (SSSR count). The lowest BCUT2D eigenvalue weighted by atomic mass is 9.96. The van der Waals surface area contributed by atoms with Gasteiger partial charge in [-0.3, -0.25) is 4.98 Å². The molecule has 0 bridgehead atoms. The highest BCUT2D eigenvalue weighted by Crippen LogP contribution is 2.43. The molecule has 4 heterocycles. The van der Waals surface area contributed by atoms with Crippen LogP contribution < -0.4 is 9.47 Å². The van der Waals surface area contributed by atoms with Crippen molar-refractivity contribution in [1.29, 1.82) is 0 Å². The minimum atomic E-state index is -0.144. The maximum absolute atomic E-state index is 6.39. The Hall–Kier alpha value is -2.64. The van der Waals surface area contributed by atoms with Crippen molar-refractivity contribution in [3.8, 4) is 22.9 Å². The maximum atomic E-state index is 6.39. The molecule has 2 aliphatic rings. The highest BCUT2D eigenvalue weighted by Gasteiger charge is 2.35. The fourth-order valence-corrected chi connectivity index (χ4v) is 3.84. The largest absolute Gasteiger partial charge is 0.489 e. The van der Waals surface area contributed by atoms with Gasteiger partial charge in [0.25, 0.3) is 0 Å². The molecule has 0 unspecified atom stereocenters. The highest BCUT2D eigenvalue weighted by molar-refractivity contribution is 6.32. The van der Waals surface area contributed by atoms with E-state index in [0.29, 0.717) is 48.1 Å². The number of rotatable bonds is 3. The predicted octanol–water partition coefficient (Wildman–Crippen LogP) is 4.19. The molecule has 0 spiro atoms. The number of nitrogens with zero attached hydrogens (tertiary/aromatic N) is 3. The number of halogens is 1. The van der Waals surface area contributed by atoms with E-state index in [0.717, 1.165) is 24.0 Å². The number of hydrogen-bond donors (Lipinski definition) is 0. The Bertz CT molecular complexity index is 979. The molecular weight excluding hydrogens is 382 g/mol. The molecule has 8 heteroatoms. The van der Waals surface area contributed by atoms with Gasteiger partial charge in [0.1, 0.15) is 0 Å². The summed E-state index contributed by atoms with van der Waals surface area (Å²) in [4.78, 5) is 8.80. The van der Waals surface area contributed by atoms with Crippen LogP contribution in [-0.2, 0) is 4.74 Å². The van der Waals surface area contributed by atoms with Gasteiger partial charge in [-0.05, 0) is 30.2 Å². The van der Waals surface area contributed by atoms with E-state index in [9.17, 15) is 0 Å². The molecule has 0 N–H and O–H groups in total. The zero-order valence-electron chi connectivity index (χ0n) is 15.0. The number of fused-ring (bicyclic) bond motifs is 1. The second-order valence-electron chi connectivity index (χ2n) is 6.76. The van der Waals surface area contributed by atoms with E-state index in [1.54, 1.807) is 12.3 Å². The summed E-state index contributed by atoms with van der Waals surface area (Å²) in [6.45, 7) is 1.80. The molecule has 0 saturated carbocycles. The van der Waals surface area contributed by atoms with E-state index in [1.165, 1.54) is 0 Å². The van der Waals surface area contributed by atoms with Crippen LogP contribution in [0.3, 0.4) is 0 Å². The van der Waals surface area contributed by atoms with E-state index in [2.05, 4.69) is 15.1 Å². The molecule has 2 aliphatic heterocycles. The summed E-state index contributed by atoms with van der Waals surface area (Å²) in [5.41, 5.74) is 1.73. The van der Waals surface area contributed by atoms with Crippen LogP contribution >= 0.6 is 11.6 Å². The van der Waals surface area contributed by atoms with Gasteiger partial charge in [-0.1, -0.05) is 22.8 Å². The molecule has 1 saturated heterocycles. The van der Waals surface area contributed by atoms with Gasteiger partial charge in [0.2, 0.25) is 11.7 Å². The molecule has 1 aromatic carbocycles. The van der Waals surface area contributed by atoms with Crippen LogP contribution in [0.15, 0.2) is 41.2 Å². The van der Waals surface area contributed by atoms with Crippen molar-refractivity contribution >= 4 is 11.6 Å². The first-order valence-corrected chi connectivity index (χ1v) is 9.62. The molecule has 0 radical (unpaired) electrons. The lowest BCUT2D eigenvalue weighted by molar-refractivity contribution is 0.0984. The number of ether oxygens (including phenoxy) is 3. The minimum Gasteiger partial charge on any atom is -0.489 e. The first kappa shape index (κ1) is 17.5. The molecule has 2 aromatic heterocycles. The van der Waals surface area contributed by atoms with Crippen molar-refractivity contribution in [1.82, 2.24) is 15.1 Å². The molecule has 28 heavy (non-hydrogen) atoms. The van der Waals surface area contributed by atoms with Gasteiger partial charge in [0.05, 0.1) is 30.3 Å². The van der Waals surface area contributed by atoms with E-state index < -0.39 is 0 Å². The van der Waals surface area contributed by atoms with Crippen molar-refractivity contribution in [2.45, 2.75) is 24.9 Å². The van der Waals surface area contributed by atoms with Gasteiger partial charge >= 0.3 is 0 Å². The topological polar surface area (TPSA) is 79.5 Å². The third-order valence-electron chi connectivity index (χ3n) is 4.92. The lowest BCUT2D eigenvalue weighted by Gasteiger charge is -2.14. The average molecular weight is 400 g/mol. The molecule has 2 atom stereocenters. The van der Waals surface area contributed by atoms with Crippen molar-refractivity contribution in [3.63, 3.8) is 0 Å². The summed E-state index contributed by atoms with van der Waals surface area (Å²) in [5.74, 6) is 2.16. The van der Waals surface area contributed by atoms with E-state index in [-0.39, 0.29) is 12.0 Å². The zero-order chi connectivity index (χ0) is 18.9. The van der Waals surface area contributed by atoms with Crippen LogP contribution in [-0.4, -0.2) is 34.9 Å². The fraction of sp³-hybridized carbons (Fsp3) is 0.350. The first-order chi connectivity index (χ1) is 13.8. The smallest absolute Gasteiger partial charge is 0.233 e. The SMILES string of the molecule is Clc1cc(-c2noc([C@H]3CCO[C@@H]3c3cccnc3)n2)cc2c1OCCCO2. The van der Waals surface area contributed by atoms with Gasteiger partial charge < -0.3 is 18.7 Å². The standard InChI is InChI=1S/C20H18ClN3O4/c21-15-9-13(10-16-18(15)26-7-2-6-25-16)19-23-20(28-24-19)14-4-8-27-17(14)12-3-1-5-22-11-12/h1,3,5,9-11,14,17H,2,4,6-8H2/t14-,17+/m0/s1. The number of benzene rings is 1. The second-order valence-corrected chi connectivity index (χ2v) is 7.17. The number of pyridine rings is 1. The van der Waals surface area contributed by atoms with Crippen molar-refractivity contribution in [2.75, 3.05) is 19.8 Å². The van der Waals surface area contributed by atoms with Crippen LogP contribution in [0, 0.1) is 0 Å². The summed E-state index contributed by atoms with van der Waals surface area (Å²) < 4.78 is 22.9. The Labute approximate surface area is 166 Å². The van der Waals surface area contributed by atoms with Gasteiger partial charge in [-0.2, -0.15) is 4.98 Å². The predicted molar refractivity (Wildman–Crippen MR) is 101 cm³/mol. The summed E-state index contributed by atoms with van der Waals surface area (Å²) in [7, 11) is 0. The van der Waals surface area contributed by atoms with E-state index in [1.807, 2.05) is 24.4 Å². The first-order valence-electron chi connectivity index (χ1n) is 9.24. The van der Waals surface area contributed by atoms with Crippen molar-refractivity contribution in [2.24, 2.45) is 0 Å². The number of hydrogen-bond acceptors (Lipinski definition) is 7. The molecule has 3 aromatic rings. The zero-order valence-corrected chi connectivity index (χ0v) is 15.8. The van der Waals surface area contributed by atoms with Crippen LogP contribution in [0.2, 0.25) is 5.02 Å². The Morgan fingerprint density at radius 1 is 1.11 bits per heavy atom. The quantitative estimate of drug-likeness (QED) is 0.653. The molecule has 1 fully saturated rings. The van der Waals surface area contributed by atoms with Gasteiger partial charge in [-0.15, -0.1) is 0 Å². The maximum Gasteiger partial charge on any atom is 0.233 e. The van der Waals surface area contributed by atoms with Gasteiger partial charge in [-0.25, -0.2) is 0 Å². The minimum absolute atomic E-state index is 0.0127. The van der Waals surface area contributed by atoms with Crippen molar-refractivity contribution < 1.29 is 18.7 Å². The van der Waals surface area contributed by atoms with E-state index in [4.69, 9.17) is 30.3 Å².